The van der Waals surface area contributed by atoms with Crippen molar-refractivity contribution >= 4 is 23.2 Å². The number of nitrogens with zero attached hydrogens (tertiary/aromatic N) is 1. The van der Waals surface area contributed by atoms with Crippen molar-refractivity contribution in [1.82, 2.24) is 4.98 Å². The molecule has 1 rings (SSSR count). The van der Waals surface area contributed by atoms with Gasteiger partial charge in [-0.25, -0.2) is 0 Å². The number of carbonyl (C=O) groups is 1. The van der Waals surface area contributed by atoms with Crippen molar-refractivity contribution in [3.8, 4) is 0 Å². The lowest BCUT2D eigenvalue weighted by Crippen LogP contribution is -2.27. The molecule has 82 valence electrons. The molecule has 1 heterocycles. The molecular formula is C11H15ClN2O. The highest BCUT2D eigenvalue weighted by Crippen LogP contribution is 2.25. The number of pyridine rings is 1. The SMILES string of the molecule is Cc1nccc(NC(=O)C(C)(C)C)c1Cl. The zero-order chi connectivity index (χ0) is 11.6. The van der Waals surface area contributed by atoms with E-state index in [-0.39, 0.29) is 5.91 Å². The van der Waals surface area contributed by atoms with Gasteiger partial charge >= 0.3 is 0 Å². The van der Waals surface area contributed by atoms with Gasteiger partial charge < -0.3 is 5.32 Å². The zero-order valence-corrected chi connectivity index (χ0v) is 10.1. The summed E-state index contributed by atoms with van der Waals surface area (Å²) in [6.07, 6.45) is 1.62. The van der Waals surface area contributed by atoms with Gasteiger partial charge in [-0.05, 0) is 13.0 Å². The number of aryl methyl sites for hydroxylation is 1. The maximum Gasteiger partial charge on any atom is 0.229 e. The van der Waals surface area contributed by atoms with E-state index in [2.05, 4.69) is 10.3 Å². The Hall–Kier alpha value is -1.09. The minimum atomic E-state index is -0.430. The monoisotopic (exact) mass is 226 g/mol. The van der Waals surface area contributed by atoms with Crippen molar-refractivity contribution in [3.05, 3.63) is 23.0 Å². The van der Waals surface area contributed by atoms with E-state index in [0.717, 1.165) is 0 Å². The lowest BCUT2D eigenvalue weighted by atomic mass is 9.95. The summed E-state index contributed by atoms with van der Waals surface area (Å²) in [6.45, 7) is 7.36. The van der Waals surface area contributed by atoms with Gasteiger partial charge in [0.05, 0.1) is 16.4 Å². The first-order valence-corrected chi connectivity index (χ1v) is 5.12. The fourth-order valence-corrected chi connectivity index (χ4v) is 1.11. The highest BCUT2D eigenvalue weighted by Gasteiger charge is 2.22. The van der Waals surface area contributed by atoms with Gasteiger partial charge in [-0.15, -0.1) is 0 Å². The Balaban J connectivity index is 2.91. The first kappa shape index (κ1) is 12.0. The second-order valence-electron chi connectivity index (χ2n) is 4.46. The lowest BCUT2D eigenvalue weighted by Gasteiger charge is -2.18. The molecule has 1 aromatic rings. The zero-order valence-electron chi connectivity index (χ0n) is 9.39. The highest BCUT2D eigenvalue weighted by molar-refractivity contribution is 6.34. The summed E-state index contributed by atoms with van der Waals surface area (Å²) in [6, 6.07) is 1.69. The van der Waals surface area contributed by atoms with Crippen molar-refractivity contribution in [3.63, 3.8) is 0 Å². The third kappa shape index (κ3) is 2.93. The van der Waals surface area contributed by atoms with Gasteiger partial charge in [0.25, 0.3) is 0 Å². The third-order valence-corrected chi connectivity index (χ3v) is 2.47. The molecule has 3 nitrogen and oxygen atoms in total. The quantitative estimate of drug-likeness (QED) is 0.800. The van der Waals surface area contributed by atoms with Gasteiger partial charge in [0.2, 0.25) is 5.91 Å². The van der Waals surface area contributed by atoms with Crippen LogP contribution >= 0.6 is 11.6 Å². The van der Waals surface area contributed by atoms with Crippen LogP contribution in [0.3, 0.4) is 0 Å². The average Bonchev–Trinajstić information content (AvgIpc) is 2.11. The normalized spacial score (nSPS) is 11.3. The van der Waals surface area contributed by atoms with Crippen LogP contribution in [0.15, 0.2) is 12.3 Å². The summed E-state index contributed by atoms with van der Waals surface area (Å²) in [5.41, 5.74) is 0.896. The molecule has 0 aliphatic rings. The Kier molecular flexibility index (Phi) is 3.35. The van der Waals surface area contributed by atoms with E-state index < -0.39 is 5.41 Å². The maximum atomic E-state index is 11.7. The first-order chi connectivity index (χ1) is 6.82. The van der Waals surface area contributed by atoms with Gasteiger partial charge in [0.15, 0.2) is 0 Å². The van der Waals surface area contributed by atoms with Crippen LogP contribution < -0.4 is 5.32 Å². The number of rotatable bonds is 1. The summed E-state index contributed by atoms with van der Waals surface area (Å²) < 4.78 is 0. The Morgan fingerprint density at radius 2 is 2.07 bits per heavy atom. The second kappa shape index (κ2) is 4.19. The number of aromatic nitrogens is 1. The summed E-state index contributed by atoms with van der Waals surface area (Å²) in [7, 11) is 0. The molecule has 0 saturated heterocycles. The molecule has 0 radical (unpaired) electrons. The number of carbonyl (C=O) groups excluding carboxylic acids is 1. The molecule has 0 spiro atoms. The van der Waals surface area contributed by atoms with E-state index in [9.17, 15) is 4.79 Å². The van der Waals surface area contributed by atoms with Crippen molar-refractivity contribution < 1.29 is 4.79 Å². The van der Waals surface area contributed by atoms with Crippen molar-refractivity contribution in [2.45, 2.75) is 27.7 Å². The topological polar surface area (TPSA) is 42.0 Å². The highest BCUT2D eigenvalue weighted by atomic mass is 35.5. The Morgan fingerprint density at radius 3 is 2.60 bits per heavy atom. The van der Waals surface area contributed by atoms with Crippen molar-refractivity contribution in [2.24, 2.45) is 5.41 Å². The molecule has 1 amide bonds. The van der Waals surface area contributed by atoms with Gasteiger partial charge in [-0.2, -0.15) is 0 Å². The summed E-state index contributed by atoms with van der Waals surface area (Å²) in [5.74, 6) is -0.0602. The van der Waals surface area contributed by atoms with E-state index in [4.69, 9.17) is 11.6 Å². The molecule has 1 N–H and O–H groups in total. The predicted octanol–water partition coefficient (Wildman–Crippen LogP) is 3.03. The molecule has 4 heteroatoms. The molecule has 0 aromatic carbocycles. The molecular weight excluding hydrogens is 212 g/mol. The molecule has 15 heavy (non-hydrogen) atoms. The third-order valence-electron chi connectivity index (χ3n) is 1.99. The maximum absolute atomic E-state index is 11.7. The fourth-order valence-electron chi connectivity index (χ4n) is 0.955. The molecule has 1 aromatic heterocycles. The molecule has 0 aliphatic heterocycles. The van der Waals surface area contributed by atoms with Crippen LogP contribution in [0.1, 0.15) is 26.5 Å². The molecule has 0 unspecified atom stereocenters. The minimum absolute atomic E-state index is 0.0602. The van der Waals surface area contributed by atoms with Crippen molar-refractivity contribution in [2.75, 3.05) is 5.32 Å². The van der Waals surface area contributed by atoms with Crippen LogP contribution in [0, 0.1) is 12.3 Å². The second-order valence-corrected chi connectivity index (χ2v) is 4.84. The van der Waals surface area contributed by atoms with Crippen LogP contribution in [0.5, 0.6) is 0 Å². The first-order valence-electron chi connectivity index (χ1n) is 4.75. The number of anilines is 1. The smallest absolute Gasteiger partial charge is 0.229 e. The van der Waals surface area contributed by atoms with Crippen LogP contribution in [0.2, 0.25) is 5.02 Å². The molecule has 0 aliphatic carbocycles. The van der Waals surface area contributed by atoms with E-state index in [0.29, 0.717) is 16.4 Å². The largest absolute Gasteiger partial charge is 0.324 e. The summed E-state index contributed by atoms with van der Waals surface area (Å²) in [5, 5.41) is 3.28. The lowest BCUT2D eigenvalue weighted by molar-refractivity contribution is -0.123. The standard InChI is InChI=1S/C11H15ClN2O/c1-7-9(12)8(5-6-13-7)14-10(15)11(2,3)4/h5-6H,1-4H3,(H,13,14,15). The number of hydrogen-bond donors (Lipinski definition) is 1. The van der Waals surface area contributed by atoms with Crippen LogP contribution in [-0.4, -0.2) is 10.9 Å². The summed E-state index contributed by atoms with van der Waals surface area (Å²) in [4.78, 5) is 15.7. The van der Waals surface area contributed by atoms with Gasteiger partial charge in [-0.3, -0.25) is 9.78 Å². The number of amides is 1. The summed E-state index contributed by atoms with van der Waals surface area (Å²) >= 11 is 6.01. The van der Waals surface area contributed by atoms with Crippen LogP contribution in [0.4, 0.5) is 5.69 Å². The molecule has 0 fully saturated rings. The van der Waals surface area contributed by atoms with Crippen LogP contribution in [0.25, 0.3) is 0 Å². The van der Waals surface area contributed by atoms with Crippen molar-refractivity contribution in [1.29, 1.82) is 0 Å². The van der Waals surface area contributed by atoms with Gasteiger partial charge in [0, 0.05) is 11.6 Å². The van der Waals surface area contributed by atoms with E-state index >= 15 is 0 Å². The van der Waals surface area contributed by atoms with E-state index in [1.807, 2.05) is 20.8 Å². The Labute approximate surface area is 94.9 Å². The predicted molar refractivity (Wildman–Crippen MR) is 62.1 cm³/mol. The Bertz CT molecular complexity index is 383. The van der Waals surface area contributed by atoms with E-state index in [1.165, 1.54) is 0 Å². The van der Waals surface area contributed by atoms with E-state index in [1.54, 1.807) is 19.2 Å². The molecule has 0 saturated carbocycles. The fraction of sp³-hybridized carbons (Fsp3) is 0.455. The molecule has 0 atom stereocenters. The Morgan fingerprint density at radius 1 is 1.47 bits per heavy atom. The average molecular weight is 227 g/mol. The number of nitrogens with one attached hydrogen (secondary N) is 1. The van der Waals surface area contributed by atoms with Gasteiger partial charge in [-0.1, -0.05) is 32.4 Å². The minimum Gasteiger partial charge on any atom is -0.324 e. The van der Waals surface area contributed by atoms with Crippen LogP contribution in [-0.2, 0) is 4.79 Å². The number of hydrogen-bond acceptors (Lipinski definition) is 2. The molecule has 0 bridgehead atoms. The van der Waals surface area contributed by atoms with Gasteiger partial charge in [0.1, 0.15) is 0 Å². The number of halogens is 1.